The molecule has 1 unspecified atom stereocenters. The number of ether oxygens (including phenoxy) is 2. The molecule has 2 aromatic carbocycles. The second-order valence-electron chi connectivity index (χ2n) is 15.4. The Morgan fingerprint density at radius 3 is 2.36 bits per heavy atom. The zero-order valence-corrected chi connectivity index (χ0v) is 32.4. The van der Waals surface area contributed by atoms with Crippen LogP contribution in [0.4, 0.5) is 8.78 Å². The minimum Gasteiger partial charge on any atom is -0.487 e. The number of pyridine rings is 2. The van der Waals surface area contributed by atoms with Crippen molar-refractivity contribution in [2.24, 2.45) is 0 Å². The molecule has 14 heteroatoms. The van der Waals surface area contributed by atoms with Gasteiger partial charge in [0.2, 0.25) is 5.91 Å². The van der Waals surface area contributed by atoms with E-state index in [0.717, 1.165) is 96.7 Å². The number of piperidine rings is 1. The van der Waals surface area contributed by atoms with Crippen LogP contribution in [0.2, 0.25) is 0 Å². The molecule has 6 heterocycles. The van der Waals surface area contributed by atoms with Crippen molar-refractivity contribution in [1.29, 1.82) is 0 Å². The number of amides is 3. The molecule has 3 aliphatic heterocycles. The summed E-state index contributed by atoms with van der Waals surface area (Å²) in [6.45, 7) is 8.09. The lowest BCUT2D eigenvalue weighted by Crippen LogP contribution is -2.51. The van der Waals surface area contributed by atoms with Crippen molar-refractivity contribution in [3.63, 3.8) is 0 Å². The van der Waals surface area contributed by atoms with Gasteiger partial charge in [0.05, 0.1) is 11.1 Å². The first-order chi connectivity index (χ1) is 28.1. The largest absolute Gasteiger partial charge is 0.487 e. The predicted molar refractivity (Wildman–Crippen MR) is 216 cm³/mol. The summed E-state index contributed by atoms with van der Waals surface area (Å²) in [5, 5.41) is 4.87. The van der Waals surface area contributed by atoms with Crippen LogP contribution in [0.25, 0.3) is 32.9 Å². The van der Waals surface area contributed by atoms with Gasteiger partial charge in [-0.1, -0.05) is 24.8 Å². The van der Waals surface area contributed by atoms with Gasteiger partial charge in [0.1, 0.15) is 18.4 Å². The summed E-state index contributed by atoms with van der Waals surface area (Å²) in [5.41, 5.74) is 6.14. The van der Waals surface area contributed by atoms with Gasteiger partial charge in [-0.3, -0.25) is 29.3 Å². The molecular formula is C44H47F2N7O5. The number of fused-ring (bicyclic) bond motifs is 4. The normalized spacial score (nSPS) is 18.0. The summed E-state index contributed by atoms with van der Waals surface area (Å²) in [6, 6.07) is 15.8. The molecule has 2 N–H and O–H groups in total. The number of H-pyrrole nitrogens is 1. The molecule has 3 aliphatic rings. The smallest absolute Gasteiger partial charge is 0.304 e. The highest BCUT2D eigenvalue weighted by molar-refractivity contribution is 6.23. The Bertz CT molecular complexity index is 2320. The fourth-order valence-corrected chi connectivity index (χ4v) is 8.00. The zero-order chi connectivity index (χ0) is 40.2. The maximum Gasteiger partial charge on any atom is 0.304 e. The molecule has 0 saturated carbocycles. The average molecular weight is 792 g/mol. The molecule has 0 spiro atoms. The number of nitrogens with zero attached hydrogens (tertiary/aromatic N) is 5. The predicted octanol–water partition coefficient (Wildman–Crippen LogP) is 6.23. The van der Waals surface area contributed by atoms with E-state index in [-0.39, 0.29) is 29.9 Å². The van der Waals surface area contributed by atoms with Crippen molar-refractivity contribution in [2.45, 2.75) is 50.5 Å². The third-order valence-corrected chi connectivity index (χ3v) is 11.2. The molecule has 2 fully saturated rings. The number of halogens is 2. The first kappa shape index (κ1) is 39.3. The quantitative estimate of drug-likeness (QED) is 0.0883. The summed E-state index contributed by atoms with van der Waals surface area (Å²) in [4.78, 5) is 56.7. The van der Waals surface area contributed by atoms with Crippen LogP contribution < -0.4 is 10.1 Å². The van der Waals surface area contributed by atoms with E-state index < -0.39 is 42.9 Å². The number of aryl methyl sites for hydroxylation is 1. The molecule has 12 nitrogen and oxygen atoms in total. The van der Waals surface area contributed by atoms with Crippen LogP contribution >= 0.6 is 0 Å². The molecule has 5 aromatic rings. The van der Waals surface area contributed by atoms with Gasteiger partial charge in [-0.25, -0.2) is 8.78 Å². The number of unbranched alkanes of at least 4 members (excludes halogenated alkanes) is 1. The molecule has 0 bridgehead atoms. The molecular weight excluding hydrogens is 745 g/mol. The second-order valence-corrected chi connectivity index (χ2v) is 15.4. The number of hydrogen-bond donors (Lipinski definition) is 2. The molecule has 3 aromatic heterocycles. The van der Waals surface area contributed by atoms with E-state index >= 15 is 0 Å². The van der Waals surface area contributed by atoms with Crippen molar-refractivity contribution in [3.05, 3.63) is 102 Å². The number of hydrogen-bond acceptors (Lipinski definition) is 9. The lowest BCUT2D eigenvalue weighted by atomic mass is 10.0. The monoisotopic (exact) mass is 791 g/mol. The highest BCUT2D eigenvalue weighted by Crippen LogP contribution is 2.32. The Hall–Kier alpha value is -5.57. The second kappa shape index (κ2) is 17.1. The van der Waals surface area contributed by atoms with Crippen LogP contribution in [0.5, 0.6) is 5.75 Å². The molecule has 2 saturated heterocycles. The fraction of sp³-hybridized carbons (Fsp3) is 0.386. The van der Waals surface area contributed by atoms with Crippen LogP contribution in [-0.2, 0) is 16.0 Å². The van der Waals surface area contributed by atoms with E-state index in [9.17, 15) is 23.2 Å². The number of carbonyl (C=O) groups is 3. The number of alkyl halides is 2. The highest BCUT2D eigenvalue weighted by atomic mass is 19.3. The molecule has 8 rings (SSSR count). The van der Waals surface area contributed by atoms with Crippen molar-refractivity contribution in [2.75, 3.05) is 59.1 Å². The number of imide groups is 1. The van der Waals surface area contributed by atoms with Crippen LogP contribution in [-0.4, -0.2) is 118 Å². The van der Waals surface area contributed by atoms with Crippen molar-refractivity contribution in [1.82, 2.24) is 35.0 Å². The number of carbonyl (C=O) groups excluding carboxylic acids is 3. The number of aromatic nitrogens is 3. The van der Waals surface area contributed by atoms with E-state index in [1.807, 2.05) is 18.5 Å². The maximum absolute atomic E-state index is 14.6. The standard InChI is InChI=1S/C44H47F2N7O5/c1-29-6-13-40(41(54)49-29)53-42(55)35-12-10-33(24-36(35)43(53)56)58-28-44(45,46)27-57-22-3-2-16-51-18-20-52(21-19-51)17-4-5-32-9-7-31(25-48-32)30-8-11-34-37-26-47-15-14-38(37)50-39(34)23-30/h7-12,14-15,23-26,40,50H,1-6,13,16-22,27-28H2,(H,49,54). The van der Waals surface area contributed by atoms with Crippen molar-refractivity contribution in [3.8, 4) is 16.9 Å². The third-order valence-electron chi connectivity index (χ3n) is 11.2. The molecule has 302 valence electrons. The van der Waals surface area contributed by atoms with E-state index in [4.69, 9.17) is 14.5 Å². The lowest BCUT2D eigenvalue weighted by Gasteiger charge is -2.34. The van der Waals surface area contributed by atoms with E-state index in [0.29, 0.717) is 18.5 Å². The van der Waals surface area contributed by atoms with Gasteiger partial charge in [0, 0.05) is 90.1 Å². The number of piperazine rings is 1. The Labute approximate surface area is 335 Å². The summed E-state index contributed by atoms with van der Waals surface area (Å²) in [6.07, 6.45) is 9.86. The number of rotatable bonds is 16. The van der Waals surface area contributed by atoms with Gasteiger partial charge < -0.3 is 29.6 Å². The van der Waals surface area contributed by atoms with E-state index in [1.54, 1.807) is 6.20 Å². The Morgan fingerprint density at radius 2 is 1.59 bits per heavy atom. The van der Waals surface area contributed by atoms with E-state index in [1.165, 1.54) is 23.6 Å². The van der Waals surface area contributed by atoms with Crippen LogP contribution in [0, 0.1) is 0 Å². The molecule has 1 atom stereocenters. The van der Waals surface area contributed by atoms with Gasteiger partial charge in [-0.05, 0) is 93.6 Å². The first-order valence-electron chi connectivity index (χ1n) is 20.0. The number of allylic oxidation sites excluding steroid dienone is 1. The van der Waals surface area contributed by atoms with Gasteiger partial charge in [0.15, 0.2) is 6.61 Å². The highest BCUT2D eigenvalue weighted by Gasteiger charge is 2.44. The van der Waals surface area contributed by atoms with Crippen molar-refractivity contribution < 1.29 is 32.6 Å². The van der Waals surface area contributed by atoms with Gasteiger partial charge >= 0.3 is 5.92 Å². The van der Waals surface area contributed by atoms with Gasteiger partial charge in [-0.15, -0.1) is 0 Å². The first-order valence-corrected chi connectivity index (χ1v) is 20.0. The Morgan fingerprint density at radius 1 is 0.810 bits per heavy atom. The molecule has 58 heavy (non-hydrogen) atoms. The Kier molecular flexibility index (Phi) is 11.6. The minimum absolute atomic E-state index is 0.0196. The topological polar surface area (TPSA) is 133 Å². The van der Waals surface area contributed by atoms with Gasteiger partial charge in [-0.2, -0.15) is 0 Å². The summed E-state index contributed by atoms with van der Waals surface area (Å²) in [5.74, 6) is -4.96. The molecule has 0 aliphatic carbocycles. The average Bonchev–Trinajstić information content (AvgIpc) is 3.72. The summed E-state index contributed by atoms with van der Waals surface area (Å²) < 4.78 is 39.9. The van der Waals surface area contributed by atoms with Crippen LogP contribution in [0.15, 0.2) is 85.5 Å². The van der Waals surface area contributed by atoms with E-state index in [2.05, 4.69) is 62.0 Å². The van der Waals surface area contributed by atoms with Crippen molar-refractivity contribution >= 4 is 39.5 Å². The fourth-order valence-electron chi connectivity index (χ4n) is 8.00. The summed E-state index contributed by atoms with van der Waals surface area (Å²) in [7, 11) is 0. The number of aromatic amines is 1. The minimum atomic E-state index is -3.25. The summed E-state index contributed by atoms with van der Waals surface area (Å²) >= 11 is 0. The van der Waals surface area contributed by atoms with Crippen LogP contribution in [0.3, 0.4) is 0 Å². The third kappa shape index (κ3) is 8.79. The van der Waals surface area contributed by atoms with Crippen LogP contribution in [0.1, 0.15) is 58.5 Å². The molecule has 0 radical (unpaired) electrons. The maximum atomic E-state index is 14.6. The zero-order valence-electron chi connectivity index (χ0n) is 32.4. The molecule has 3 amide bonds. The lowest BCUT2D eigenvalue weighted by molar-refractivity contribution is -0.125. The van der Waals surface area contributed by atoms with Gasteiger partial charge in [0.25, 0.3) is 11.8 Å². The Balaban J connectivity index is 0.686. The SMILES string of the molecule is C=C1CCC(N2C(=O)c3ccc(OCC(F)(F)COCCCCN4CCN(CCCc5ccc(-c6ccc7c(c6)[nH]c6ccncc67)cn5)CC4)cc3C2=O)C(=O)N1. The number of nitrogens with one attached hydrogen (secondary N) is 2. The number of benzene rings is 2.